The fourth-order valence-electron chi connectivity index (χ4n) is 1.55. The number of nitrogens with one attached hydrogen (secondary N) is 1. The lowest BCUT2D eigenvalue weighted by Crippen LogP contribution is -2.11. The highest BCUT2D eigenvalue weighted by atomic mass is 79.9. The van der Waals surface area contributed by atoms with Gasteiger partial charge in [-0.15, -0.1) is 0 Å². The van der Waals surface area contributed by atoms with Crippen LogP contribution < -0.4 is 10.1 Å². The number of anilines is 1. The molecule has 2 nitrogen and oxygen atoms in total. The Morgan fingerprint density at radius 3 is 2.79 bits per heavy atom. The van der Waals surface area contributed by atoms with Crippen molar-refractivity contribution in [2.45, 2.75) is 0 Å². The zero-order chi connectivity index (χ0) is 13.7. The second-order valence-electron chi connectivity index (χ2n) is 3.86. The number of rotatable bonds is 5. The van der Waals surface area contributed by atoms with Crippen molar-refractivity contribution in [2.75, 3.05) is 18.5 Å². The fraction of sp³-hybridized carbons (Fsp3) is 0.143. The van der Waals surface area contributed by atoms with E-state index in [0.29, 0.717) is 28.4 Å². The lowest BCUT2D eigenvalue weighted by molar-refractivity contribution is 0.330. The van der Waals surface area contributed by atoms with Crippen LogP contribution in [0.4, 0.5) is 10.1 Å². The predicted molar refractivity (Wildman–Crippen MR) is 79.5 cm³/mol. The fourth-order valence-corrected chi connectivity index (χ4v) is 2.20. The molecule has 0 bridgehead atoms. The first-order valence-electron chi connectivity index (χ1n) is 5.72. The van der Waals surface area contributed by atoms with Crippen molar-refractivity contribution in [3.63, 3.8) is 0 Å². The summed E-state index contributed by atoms with van der Waals surface area (Å²) < 4.78 is 19.0. The highest BCUT2D eigenvalue weighted by molar-refractivity contribution is 9.10. The first kappa shape index (κ1) is 14.2. The molecular formula is C14H12BrClFNO. The highest BCUT2D eigenvalue weighted by Crippen LogP contribution is 2.25. The van der Waals surface area contributed by atoms with Crippen molar-refractivity contribution in [2.24, 2.45) is 0 Å². The van der Waals surface area contributed by atoms with E-state index in [-0.39, 0.29) is 5.82 Å². The van der Waals surface area contributed by atoms with Crippen molar-refractivity contribution in [1.82, 2.24) is 0 Å². The van der Waals surface area contributed by atoms with E-state index in [9.17, 15) is 4.39 Å². The van der Waals surface area contributed by atoms with Crippen molar-refractivity contribution >= 4 is 33.2 Å². The van der Waals surface area contributed by atoms with Crippen LogP contribution in [0.5, 0.6) is 5.75 Å². The van der Waals surface area contributed by atoms with Crippen LogP contribution in [0.25, 0.3) is 0 Å². The van der Waals surface area contributed by atoms with Gasteiger partial charge in [0.05, 0.1) is 4.47 Å². The smallest absolute Gasteiger partial charge is 0.133 e. The quantitative estimate of drug-likeness (QED) is 0.792. The summed E-state index contributed by atoms with van der Waals surface area (Å²) in [6.07, 6.45) is 0. The van der Waals surface area contributed by atoms with Gasteiger partial charge in [-0.05, 0) is 52.3 Å². The van der Waals surface area contributed by atoms with Gasteiger partial charge in [-0.1, -0.05) is 17.7 Å². The van der Waals surface area contributed by atoms with E-state index in [1.807, 2.05) is 24.3 Å². The molecule has 2 aromatic carbocycles. The van der Waals surface area contributed by atoms with Crippen molar-refractivity contribution in [3.8, 4) is 5.75 Å². The first-order valence-corrected chi connectivity index (χ1v) is 6.89. The SMILES string of the molecule is Fc1ccc(OCCNc2cccc(Cl)c2)c(Br)c1. The molecule has 19 heavy (non-hydrogen) atoms. The van der Waals surface area contributed by atoms with Crippen LogP contribution in [0.1, 0.15) is 0 Å². The predicted octanol–water partition coefficient (Wildman–Crippen LogP) is 4.73. The van der Waals surface area contributed by atoms with E-state index in [1.54, 1.807) is 6.07 Å². The Kier molecular flexibility index (Phi) is 5.05. The summed E-state index contributed by atoms with van der Waals surface area (Å²) in [5.74, 6) is 0.325. The molecule has 0 fully saturated rings. The second-order valence-corrected chi connectivity index (χ2v) is 5.15. The number of hydrogen-bond donors (Lipinski definition) is 1. The molecule has 1 N–H and O–H groups in total. The van der Waals surface area contributed by atoms with Gasteiger partial charge in [-0.2, -0.15) is 0 Å². The minimum atomic E-state index is -0.295. The molecule has 2 aromatic rings. The van der Waals surface area contributed by atoms with E-state index in [1.165, 1.54) is 12.1 Å². The Morgan fingerprint density at radius 1 is 1.21 bits per heavy atom. The molecule has 0 radical (unpaired) electrons. The summed E-state index contributed by atoms with van der Waals surface area (Å²) in [5, 5.41) is 3.87. The Bertz CT molecular complexity index is 565. The molecule has 0 amide bonds. The molecule has 0 unspecified atom stereocenters. The standard InChI is InChI=1S/C14H12BrClFNO/c15-13-9-11(17)4-5-14(13)19-7-6-18-12-3-1-2-10(16)8-12/h1-5,8-9,18H,6-7H2. The number of ether oxygens (including phenoxy) is 1. The minimum absolute atomic E-state index is 0.295. The van der Waals surface area contributed by atoms with Gasteiger partial charge in [0, 0.05) is 17.3 Å². The zero-order valence-corrected chi connectivity index (χ0v) is 12.3. The molecule has 0 aliphatic heterocycles. The van der Waals surface area contributed by atoms with Crippen LogP contribution in [0.3, 0.4) is 0 Å². The molecule has 0 aromatic heterocycles. The maximum absolute atomic E-state index is 12.9. The Hall–Kier alpha value is -1.26. The molecule has 0 aliphatic carbocycles. The van der Waals surface area contributed by atoms with E-state index >= 15 is 0 Å². The summed E-state index contributed by atoms with van der Waals surface area (Å²) >= 11 is 9.13. The average Bonchev–Trinajstić information content (AvgIpc) is 2.37. The number of hydrogen-bond acceptors (Lipinski definition) is 2. The summed E-state index contributed by atoms with van der Waals surface area (Å²) in [6, 6.07) is 11.8. The molecule has 0 saturated carbocycles. The Labute approximate surface area is 124 Å². The number of benzene rings is 2. The Morgan fingerprint density at radius 2 is 2.05 bits per heavy atom. The van der Waals surface area contributed by atoms with Gasteiger partial charge in [0.15, 0.2) is 0 Å². The third-order valence-electron chi connectivity index (χ3n) is 2.41. The van der Waals surface area contributed by atoms with Crippen molar-refractivity contribution in [1.29, 1.82) is 0 Å². The molecule has 0 aliphatic rings. The molecule has 5 heteroatoms. The lowest BCUT2D eigenvalue weighted by atomic mass is 10.3. The monoisotopic (exact) mass is 343 g/mol. The molecular weight excluding hydrogens is 333 g/mol. The third kappa shape index (κ3) is 4.40. The molecule has 0 heterocycles. The van der Waals surface area contributed by atoms with Gasteiger partial charge in [-0.3, -0.25) is 0 Å². The topological polar surface area (TPSA) is 21.3 Å². The highest BCUT2D eigenvalue weighted by Gasteiger charge is 2.02. The van der Waals surface area contributed by atoms with Gasteiger partial charge < -0.3 is 10.1 Å². The summed E-state index contributed by atoms with van der Waals surface area (Å²) in [5.41, 5.74) is 0.939. The van der Waals surface area contributed by atoms with Gasteiger partial charge in [0.2, 0.25) is 0 Å². The van der Waals surface area contributed by atoms with E-state index in [0.717, 1.165) is 5.69 Å². The van der Waals surface area contributed by atoms with Crippen LogP contribution in [-0.2, 0) is 0 Å². The summed E-state index contributed by atoms with van der Waals surface area (Å²) in [6.45, 7) is 1.10. The van der Waals surface area contributed by atoms with Crippen molar-refractivity contribution in [3.05, 3.63) is 57.8 Å². The third-order valence-corrected chi connectivity index (χ3v) is 3.26. The van der Waals surface area contributed by atoms with Crippen LogP contribution in [-0.4, -0.2) is 13.2 Å². The molecule has 2 rings (SSSR count). The van der Waals surface area contributed by atoms with Gasteiger partial charge in [-0.25, -0.2) is 4.39 Å². The van der Waals surface area contributed by atoms with Crippen LogP contribution in [0, 0.1) is 5.82 Å². The molecule has 0 atom stereocenters. The maximum atomic E-state index is 12.9. The molecule has 0 spiro atoms. The van der Waals surface area contributed by atoms with Crippen molar-refractivity contribution < 1.29 is 9.13 Å². The summed E-state index contributed by atoms with van der Waals surface area (Å²) in [7, 11) is 0. The van der Waals surface area contributed by atoms with E-state index < -0.39 is 0 Å². The second kappa shape index (κ2) is 6.78. The van der Waals surface area contributed by atoms with Crippen LogP contribution in [0.15, 0.2) is 46.9 Å². The largest absolute Gasteiger partial charge is 0.491 e. The zero-order valence-electron chi connectivity index (χ0n) is 10.00. The average molecular weight is 345 g/mol. The Balaban J connectivity index is 1.81. The lowest BCUT2D eigenvalue weighted by Gasteiger charge is -2.10. The van der Waals surface area contributed by atoms with E-state index in [4.69, 9.17) is 16.3 Å². The molecule has 0 saturated heterocycles. The minimum Gasteiger partial charge on any atom is -0.491 e. The molecule has 100 valence electrons. The van der Waals surface area contributed by atoms with Gasteiger partial charge in [0.25, 0.3) is 0 Å². The first-order chi connectivity index (χ1) is 9.15. The van der Waals surface area contributed by atoms with E-state index in [2.05, 4.69) is 21.2 Å². The summed E-state index contributed by atoms with van der Waals surface area (Å²) in [4.78, 5) is 0. The van der Waals surface area contributed by atoms with Gasteiger partial charge in [0.1, 0.15) is 18.2 Å². The number of halogens is 3. The normalized spacial score (nSPS) is 10.3. The van der Waals surface area contributed by atoms with Crippen LogP contribution in [0.2, 0.25) is 5.02 Å². The maximum Gasteiger partial charge on any atom is 0.133 e. The van der Waals surface area contributed by atoms with Crippen LogP contribution >= 0.6 is 27.5 Å². The van der Waals surface area contributed by atoms with Gasteiger partial charge >= 0.3 is 0 Å².